The Morgan fingerprint density at radius 3 is 0.966 bits per heavy atom. The fourth-order valence-corrected chi connectivity index (χ4v) is 7.42. The van der Waals surface area contributed by atoms with E-state index in [0.717, 1.165) is 38.5 Å². The van der Waals surface area contributed by atoms with Gasteiger partial charge in [0, 0.05) is 38.8 Å². The van der Waals surface area contributed by atoms with Crippen LogP contribution < -0.4 is 0 Å². The number of hydrogen-bond donors (Lipinski definition) is 0. The lowest BCUT2D eigenvalue weighted by molar-refractivity contribution is -0.146. The average molecular weight is 839 g/mol. The molecule has 1 unspecified atom stereocenters. The Morgan fingerprint density at radius 2 is 0.661 bits per heavy atom. The zero-order valence-electron chi connectivity index (χ0n) is 39.3. The van der Waals surface area contributed by atoms with Crippen LogP contribution in [0, 0.1) is 0 Å². The van der Waals surface area contributed by atoms with Crippen LogP contribution in [-0.2, 0) is 38.1 Å². The third-order valence-corrected chi connectivity index (χ3v) is 11.4. The van der Waals surface area contributed by atoms with Gasteiger partial charge >= 0.3 is 23.9 Å². The molecule has 0 aromatic heterocycles. The maximum Gasteiger partial charge on any atom is 0.307 e. The van der Waals surface area contributed by atoms with Gasteiger partial charge in [0.05, 0.1) is 52.6 Å². The summed E-state index contributed by atoms with van der Waals surface area (Å²) in [5, 5.41) is 0. The number of carbonyl (C=O) groups excluding carboxylic acids is 4. The van der Waals surface area contributed by atoms with Crippen molar-refractivity contribution in [3.63, 3.8) is 0 Å². The van der Waals surface area contributed by atoms with Crippen molar-refractivity contribution in [3.05, 3.63) is 0 Å². The van der Waals surface area contributed by atoms with Gasteiger partial charge in [-0.2, -0.15) is 0 Å². The highest BCUT2D eigenvalue weighted by Gasteiger charge is 2.22. The van der Waals surface area contributed by atoms with E-state index in [4.69, 9.17) is 18.9 Å². The van der Waals surface area contributed by atoms with E-state index in [9.17, 15) is 19.2 Å². The van der Waals surface area contributed by atoms with Crippen molar-refractivity contribution in [3.8, 4) is 0 Å². The lowest BCUT2D eigenvalue weighted by Gasteiger charge is -2.33. The highest BCUT2D eigenvalue weighted by Crippen LogP contribution is 2.13. The van der Waals surface area contributed by atoms with Crippen LogP contribution in [0.5, 0.6) is 0 Å². The first-order chi connectivity index (χ1) is 28.8. The van der Waals surface area contributed by atoms with E-state index in [-0.39, 0.29) is 55.6 Å². The molecule has 0 N–H and O–H groups in total. The van der Waals surface area contributed by atoms with Crippen molar-refractivity contribution in [2.75, 3.05) is 59.7 Å². The molecule has 0 aromatic carbocycles. The van der Waals surface area contributed by atoms with Gasteiger partial charge < -0.3 is 23.8 Å². The Labute approximate surface area is 363 Å². The van der Waals surface area contributed by atoms with E-state index in [0.29, 0.717) is 52.5 Å². The molecule has 1 atom stereocenters. The summed E-state index contributed by atoms with van der Waals surface area (Å²) in [5.41, 5.74) is 0. The fourth-order valence-electron chi connectivity index (χ4n) is 7.42. The maximum atomic E-state index is 12.8. The second-order valence-electron chi connectivity index (χ2n) is 16.9. The Morgan fingerprint density at radius 1 is 0.390 bits per heavy atom. The van der Waals surface area contributed by atoms with Crippen LogP contribution in [0.2, 0.25) is 0 Å². The van der Waals surface area contributed by atoms with Gasteiger partial charge in [0.25, 0.3) is 0 Å². The molecule has 0 aromatic rings. The quantitative estimate of drug-likeness (QED) is 0.0334. The van der Waals surface area contributed by atoms with Crippen molar-refractivity contribution < 1.29 is 38.1 Å². The van der Waals surface area contributed by atoms with Gasteiger partial charge in [-0.05, 0) is 26.2 Å². The molecule has 10 nitrogen and oxygen atoms in total. The molecule has 0 aliphatic rings. The highest BCUT2D eigenvalue weighted by atomic mass is 16.5. The van der Waals surface area contributed by atoms with E-state index >= 15 is 0 Å². The summed E-state index contributed by atoms with van der Waals surface area (Å²) in [4.78, 5) is 54.7. The van der Waals surface area contributed by atoms with Gasteiger partial charge in [0.15, 0.2) is 0 Å². The van der Waals surface area contributed by atoms with Crippen LogP contribution in [0.3, 0.4) is 0 Å². The second kappa shape index (κ2) is 43.9. The summed E-state index contributed by atoms with van der Waals surface area (Å²) in [6, 6.07) is -0.0687. The molecule has 0 radical (unpaired) electrons. The standard InChI is InChI=1S/C49H94N2O8/c1-6-9-12-15-18-21-24-27-30-41-57-47(53)33-37-50(38-34-48(54)58-42-31-28-25-22-19-16-13-10-7-2)44-45(4)51(39-35-46(52)56-5)40-36-49(55)59-43-32-29-26-23-20-17-14-11-8-3/h45H,6-44H2,1-5H3. The number of ether oxygens (including phenoxy) is 4. The largest absolute Gasteiger partial charge is 0.469 e. The molecule has 0 spiro atoms. The van der Waals surface area contributed by atoms with Crippen LogP contribution in [0.15, 0.2) is 0 Å². The molecule has 0 saturated heterocycles. The minimum Gasteiger partial charge on any atom is -0.469 e. The van der Waals surface area contributed by atoms with E-state index in [1.165, 1.54) is 142 Å². The van der Waals surface area contributed by atoms with E-state index < -0.39 is 0 Å². The fraction of sp³-hybridized carbons (Fsp3) is 0.918. The van der Waals surface area contributed by atoms with Crippen LogP contribution in [-0.4, -0.2) is 99.4 Å². The second-order valence-corrected chi connectivity index (χ2v) is 16.9. The summed E-state index contributed by atoms with van der Waals surface area (Å²) in [6.45, 7) is 12.4. The van der Waals surface area contributed by atoms with Crippen LogP contribution in [0.1, 0.15) is 227 Å². The van der Waals surface area contributed by atoms with Crippen molar-refractivity contribution in [2.24, 2.45) is 0 Å². The van der Waals surface area contributed by atoms with Crippen LogP contribution >= 0.6 is 0 Å². The lowest BCUT2D eigenvalue weighted by atomic mass is 10.1. The molecule has 0 bridgehead atoms. The molecule has 0 heterocycles. The van der Waals surface area contributed by atoms with Gasteiger partial charge in [-0.3, -0.25) is 24.1 Å². The van der Waals surface area contributed by atoms with Crippen molar-refractivity contribution in [1.29, 1.82) is 0 Å². The molecule has 59 heavy (non-hydrogen) atoms. The van der Waals surface area contributed by atoms with Crippen molar-refractivity contribution in [2.45, 2.75) is 233 Å². The number of unbranched alkanes of at least 4 members (excludes halogenated alkanes) is 24. The van der Waals surface area contributed by atoms with Gasteiger partial charge in [-0.1, -0.05) is 175 Å². The number of hydrogen-bond acceptors (Lipinski definition) is 10. The molecule has 0 saturated carbocycles. The first-order valence-corrected chi connectivity index (χ1v) is 24.8. The molecular weight excluding hydrogens is 745 g/mol. The van der Waals surface area contributed by atoms with Gasteiger partial charge in [-0.15, -0.1) is 0 Å². The summed E-state index contributed by atoms with van der Waals surface area (Å²) in [6.07, 6.45) is 33.5. The average Bonchev–Trinajstić information content (AvgIpc) is 3.23. The number of rotatable bonds is 45. The minimum absolute atomic E-state index is 0.0687. The smallest absolute Gasteiger partial charge is 0.307 e. The summed E-state index contributed by atoms with van der Waals surface area (Å²) >= 11 is 0. The number of esters is 4. The molecule has 0 fully saturated rings. The van der Waals surface area contributed by atoms with E-state index in [2.05, 4.69) is 37.5 Å². The minimum atomic E-state index is -0.309. The molecular formula is C49H94N2O8. The molecule has 10 heteroatoms. The van der Waals surface area contributed by atoms with Crippen LogP contribution in [0.25, 0.3) is 0 Å². The van der Waals surface area contributed by atoms with Gasteiger partial charge in [-0.25, -0.2) is 0 Å². The molecule has 0 rings (SSSR count). The zero-order chi connectivity index (χ0) is 43.4. The Bertz CT molecular complexity index is 940. The van der Waals surface area contributed by atoms with Crippen LogP contribution in [0.4, 0.5) is 0 Å². The normalized spacial score (nSPS) is 11.9. The lowest BCUT2D eigenvalue weighted by Crippen LogP contribution is -2.45. The third-order valence-electron chi connectivity index (χ3n) is 11.4. The Balaban J connectivity index is 5.04. The predicted molar refractivity (Wildman–Crippen MR) is 243 cm³/mol. The van der Waals surface area contributed by atoms with Crippen molar-refractivity contribution >= 4 is 23.9 Å². The first kappa shape index (κ1) is 56.8. The summed E-state index contributed by atoms with van der Waals surface area (Å²) in [7, 11) is 1.38. The number of methoxy groups -OCH3 is 1. The van der Waals surface area contributed by atoms with E-state index in [1.807, 2.05) is 0 Å². The highest BCUT2D eigenvalue weighted by molar-refractivity contribution is 5.71. The number of nitrogens with zero attached hydrogens (tertiary/aromatic N) is 2. The maximum absolute atomic E-state index is 12.8. The zero-order valence-corrected chi connectivity index (χ0v) is 39.3. The molecule has 0 amide bonds. The summed E-state index contributed by atoms with van der Waals surface area (Å²) < 4.78 is 21.7. The van der Waals surface area contributed by atoms with Gasteiger partial charge in [0.1, 0.15) is 0 Å². The predicted octanol–water partition coefficient (Wildman–Crippen LogP) is 11.9. The summed E-state index contributed by atoms with van der Waals surface area (Å²) in [5.74, 6) is -1.00. The molecule has 348 valence electrons. The third kappa shape index (κ3) is 39.7. The first-order valence-electron chi connectivity index (χ1n) is 24.8. The number of carbonyl (C=O) groups is 4. The van der Waals surface area contributed by atoms with E-state index in [1.54, 1.807) is 0 Å². The van der Waals surface area contributed by atoms with Gasteiger partial charge in [0.2, 0.25) is 0 Å². The SMILES string of the molecule is CCCCCCCCCCCOC(=O)CCN(CCC(=O)OCCCCCCCCCCC)CC(C)N(CCC(=O)OC)CCC(=O)OCCCCCCCCCCC. The monoisotopic (exact) mass is 839 g/mol. The Kier molecular flexibility index (Phi) is 42.2. The molecule has 0 aliphatic heterocycles. The molecule has 0 aliphatic carbocycles. The van der Waals surface area contributed by atoms with Crippen molar-refractivity contribution in [1.82, 2.24) is 9.80 Å². The Hall–Kier alpha value is -2.20. The topological polar surface area (TPSA) is 112 Å².